The third-order valence-corrected chi connectivity index (χ3v) is 5.07. The number of benzene rings is 2. The first-order valence-corrected chi connectivity index (χ1v) is 7.96. The van der Waals surface area contributed by atoms with Crippen molar-refractivity contribution in [3.05, 3.63) is 58.1 Å². The summed E-state index contributed by atoms with van der Waals surface area (Å²) in [5.41, 5.74) is 6.55. The van der Waals surface area contributed by atoms with Crippen molar-refractivity contribution in [1.82, 2.24) is 0 Å². The minimum atomic E-state index is -3.77. The summed E-state index contributed by atoms with van der Waals surface area (Å²) in [5, 5.41) is 0. The highest BCUT2D eigenvalue weighted by Crippen LogP contribution is 2.25. The number of halogens is 3. The Labute approximate surface area is 123 Å². The molecule has 2 rings (SSSR count). The molecule has 0 saturated heterocycles. The number of hydrogen-bond donors (Lipinski definition) is 1. The number of rotatable bonds is 3. The Morgan fingerprint density at radius 1 is 1.05 bits per heavy atom. The van der Waals surface area contributed by atoms with E-state index in [1.165, 1.54) is 0 Å². The van der Waals surface area contributed by atoms with Crippen LogP contribution in [-0.4, -0.2) is 8.42 Å². The predicted octanol–water partition coefficient (Wildman–Crippen LogP) is 3.28. The maximum Gasteiger partial charge on any atom is 0.182 e. The van der Waals surface area contributed by atoms with E-state index in [2.05, 4.69) is 15.9 Å². The van der Waals surface area contributed by atoms with Gasteiger partial charge in [0, 0.05) is 10.2 Å². The van der Waals surface area contributed by atoms with E-state index >= 15 is 0 Å². The van der Waals surface area contributed by atoms with Crippen LogP contribution in [-0.2, 0) is 15.6 Å². The van der Waals surface area contributed by atoms with Gasteiger partial charge in [-0.15, -0.1) is 0 Å². The second kappa shape index (κ2) is 5.49. The molecule has 0 amide bonds. The van der Waals surface area contributed by atoms with Crippen molar-refractivity contribution < 1.29 is 17.2 Å². The highest BCUT2D eigenvalue weighted by molar-refractivity contribution is 9.10. The average molecular weight is 362 g/mol. The second-order valence-corrected chi connectivity index (χ2v) is 7.03. The molecular weight excluding hydrogens is 352 g/mol. The van der Waals surface area contributed by atoms with Crippen LogP contribution in [0, 0.1) is 11.6 Å². The third-order valence-electron chi connectivity index (χ3n) is 2.67. The van der Waals surface area contributed by atoms with Gasteiger partial charge in [-0.3, -0.25) is 0 Å². The zero-order valence-electron chi connectivity index (χ0n) is 10.1. The third kappa shape index (κ3) is 3.16. The van der Waals surface area contributed by atoms with E-state index in [4.69, 9.17) is 5.73 Å². The van der Waals surface area contributed by atoms with E-state index in [1.807, 2.05) is 0 Å². The number of sulfone groups is 1. The van der Waals surface area contributed by atoms with Gasteiger partial charge in [-0.05, 0) is 35.9 Å². The maximum absolute atomic E-state index is 13.1. The van der Waals surface area contributed by atoms with Gasteiger partial charge in [0.15, 0.2) is 21.5 Å². The molecule has 0 spiro atoms. The first-order chi connectivity index (χ1) is 9.29. The summed E-state index contributed by atoms with van der Waals surface area (Å²) in [6, 6.07) is 7.23. The van der Waals surface area contributed by atoms with Crippen molar-refractivity contribution in [1.29, 1.82) is 0 Å². The lowest BCUT2D eigenvalue weighted by Crippen LogP contribution is -2.06. The summed E-state index contributed by atoms with van der Waals surface area (Å²) in [6.07, 6.45) is 0. The van der Waals surface area contributed by atoms with Crippen LogP contribution >= 0.6 is 15.9 Å². The molecule has 0 saturated carbocycles. The van der Waals surface area contributed by atoms with Crippen LogP contribution in [0.15, 0.2) is 45.8 Å². The molecule has 7 heteroatoms. The Morgan fingerprint density at radius 2 is 1.75 bits per heavy atom. The van der Waals surface area contributed by atoms with Gasteiger partial charge in [0.05, 0.1) is 10.6 Å². The standard InChI is InChI=1S/C13H10BrF2NO2S/c14-11-5-9(17)2-1-8(11)7-20(18,19)10-3-4-12(15)13(16)6-10/h1-6H,7,17H2. The van der Waals surface area contributed by atoms with Crippen LogP contribution in [0.2, 0.25) is 0 Å². The van der Waals surface area contributed by atoms with Crippen molar-refractivity contribution in [2.24, 2.45) is 0 Å². The Hall–Kier alpha value is -1.47. The molecule has 2 aromatic rings. The molecule has 0 atom stereocenters. The van der Waals surface area contributed by atoms with Gasteiger partial charge in [0.2, 0.25) is 0 Å². The van der Waals surface area contributed by atoms with Crippen LogP contribution in [0.5, 0.6) is 0 Å². The lowest BCUT2D eigenvalue weighted by molar-refractivity contribution is 0.504. The molecule has 0 fully saturated rings. The molecule has 0 aliphatic carbocycles. The van der Waals surface area contributed by atoms with Crippen molar-refractivity contribution in [2.45, 2.75) is 10.6 Å². The number of nitrogens with two attached hydrogens (primary N) is 1. The molecule has 0 unspecified atom stereocenters. The van der Waals surface area contributed by atoms with Crippen LogP contribution in [0.1, 0.15) is 5.56 Å². The van der Waals surface area contributed by atoms with Crippen molar-refractivity contribution in [3.8, 4) is 0 Å². The van der Waals surface area contributed by atoms with Crippen molar-refractivity contribution >= 4 is 31.5 Å². The number of anilines is 1. The van der Waals surface area contributed by atoms with Gasteiger partial charge in [-0.2, -0.15) is 0 Å². The largest absolute Gasteiger partial charge is 0.399 e. The molecule has 0 aliphatic heterocycles. The van der Waals surface area contributed by atoms with Crippen LogP contribution in [0.4, 0.5) is 14.5 Å². The lowest BCUT2D eigenvalue weighted by Gasteiger charge is -2.08. The van der Waals surface area contributed by atoms with Gasteiger partial charge >= 0.3 is 0 Å². The fraction of sp³-hybridized carbons (Fsp3) is 0.0769. The van der Waals surface area contributed by atoms with E-state index in [1.54, 1.807) is 18.2 Å². The maximum atomic E-state index is 13.1. The molecule has 0 bridgehead atoms. The zero-order valence-corrected chi connectivity index (χ0v) is 12.5. The average Bonchev–Trinajstić information content (AvgIpc) is 2.36. The van der Waals surface area contributed by atoms with E-state index < -0.39 is 21.5 Å². The minimum Gasteiger partial charge on any atom is -0.399 e. The SMILES string of the molecule is Nc1ccc(CS(=O)(=O)c2ccc(F)c(F)c2)c(Br)c1. The minimum absolute atomic E-state index is 0.264. The number of nitrogen functional groups attached to an aromatic ring is 1. The Bertz CT molecular complexity index is 763. The van der Waals surface area contributed by atoms with Gasteiger partial charge in [-0.1, -0.05) is 22.0 Å². The molecule has 0 heterocycles. The van der Waals surface area contributed by atoms with Crippen LogP contribution in [0.25, 0.3) is 0 Å². The van der Waals surface area contributed by atoms with Gasteiger partial charge in [0.25, 0.3) is 0 Å². The molecule has 0 radical (unpaired) electrons. The lowest BCUT2D eigenvalue weighted by atomic mass is 10.2. The molecule has 2 aromatic carbocycles. The molecule has 0 aromatic heterocycles. The normalized spacial score (nSPS) is 11.6. The summed E-state index contributed by atoms with van der Waals surface area (Å²) < 4.78 is 50.8. The molecule has 3 nitrogen and oxygen atoms in total. The monoisotopic (exact) mass is 361 g/mol. The summed E-state index contributed by atoms with van der Waals surface area (Å²) in [5.74, 6) is -2.61. The Morgan fingerprint density at radius 3 is 2.35 bits per heavy atom. The Balaban J connectivity index is 2.38. The highest BCUT2D eigenvalue weighted by Gasteiger charge is 2.18. The Kier molecular flexibility index (Phi) is 4.10. The van der Waals surface area contributed by atoms with E-state index in [0.717, 1.165) is 12.1 Å². The molecular formula is C13H10BrF2NO2S. The molecule has 2 N–H and O–H groups in total. The van der Waals surface area contributed by atoms with E-state index in [9.17, 15) is 17.2 Å². The fourth-order valence-electron chi connectivity index (χ4n) is 1.64. The predicted molar refractivity (Wildman–Crippen MR) is 75.8 cm³/mol. The second-order valence-electron chi connectivity index (χ2n) is 4.19. The molecule has 0 aliphatic rings. The van der Waals surface area contributed by atoms with E-state index in [0.29, 0.717) is 21.8 Å². The quantitative estimate of drug-likeness (QED) is 0.673. The molecule has 106 valence electrons. The van der Waals surface area contributed by atoms with Crippen molar-refractivity contribution in [3.63, 3.8) is 0 Å². The summed E-state index contributed by atoms with van der Waals surface area (Å²) in [6.45, 7) is 0. The summed E-state index contributed by atoms with van der Waals surface area (Å²) in [4.78, 5) is -0.264. The van der Waals surface area contributed by atoms with Crippen LogP contribution in [0.3, 0.4) is 0 Å². The smallest absolute Gasteiger partial charge is 0.182 e. The topological polar surface area (TPSA) is 60.2 Å². The van der Waals surface area contributed by atoms with Gasteiger partial charge < -0.3 is 5.73 Å². The van der Waals surface area contributed by atoms with Crippen molar-refractivity contribution in [2.75, 3.05) is 5.73 Å². The first-order valence-electron chi connectivity index (χ1n) is 5.51. The highest BCUT2D eigenvalue weighted by atomic mass is 79.9. The molecule has 20 heavy (non-hydrogen) atoms. The van der Waals surface area contributed by atoms with E-state index in [-0.39, 0.29) is 10.6 Å². The van der Waals surface area contributed by atoms with Gasteiger partial charge in [-0.25, -0.2) is 17.2 Å². The number of hydrogen-bond acceptors (Lipinski definition) is 3. The summed E-state index contributed by atoms with van der Waals surface area (Å²) >= 11 is 3.22. The van der Waals surface area contributed by atoms with Gasteiger partial charge in [0.1, 0.15) is 0 Å². The first kappa shape index (κ1) is 14.9. The zero-order chi connectivity index (χ0) is 14.9. The summed E-state index contributed by atoms with van der Waals surface area (Å²) in [7, 11) is -3.77. The van der Waals surface area contributed by atoms with Crippen LogP contribution < -0.4 is 5.73 Å². The fourth-order valence-corrected chi connectivity index (χ4v) is 3.75.